The van der Waals surface area contributed by atoms with Gasteiger partial charge in [0.2, 0.25) is 5.91 Å². The Balaban J connectivity index is 2.22. The molecular formula is C12H14N2O2S. The van der Waals surface area contributed by atoms with Crippen LogP contribution in [0.25, 0.3) is 0 Å². The van der Waals surface area contributed by atoms with Crippen molar-refractivity contribution in [3.63, 3.8) is 0 Å². The van der Waals surface area contributed by atoms with Crippen molar-refractivity contribution in [2.24, 2.45) is 0 Å². The van der Waals surface area contributed by atoms with Crippen LogP contribution in [0.5, 0.6) is 0 Å². The molecule has 2 amide bonds. The minimum absolute atomic E-state index is 0.141. The van der Waals surface area contributed by atoms with Crippen LogP contribution >= 0.6 is 11.8 Å². The van der Waals surface area contributed by atoms with Gasteiger partial charge in [-0.25, -0.2) is 0 Å². The molecule has 1 aromatic rings. The number of hydrogen-bond donors (Lipinski definition) is 2. The summed E-state index contributed by atoms with van der Waals surface area (Å²) in [6.45, 7) is 0. The van der Waals surface area contributed by atoms with Crippen LogP contribution < -0.4 is 10.6 Å². The number of anilines is 1. The minimum atomic E-state index is -0.442. The number of para-hydroxylation sites is 1. The SMILES string of the molecule is CSCC[C@@H]1NC(=O)c2ccccc2NC1=O. The van der Waals surface area contributed by atoms with Gasteiger partial charge in [-0.05, 0) is 30.6 Å². The Morgan fingerprint density at radius 1 is 1.29 bits per heavy atom. The average molecular weight is 250 g/mol. The molecule has 4 nitrogen and oxygen atoms in total. The molecule has 2 rings (SSSR count). The topological polar surface area (TPSA) is 58.2 Å². The second-order valence-corrected chi connectivity index (χ2v) is 4.83. The van der Waals surface area contributed by atoms with Crippen molar-refractivity contribution in [3.8, 4) is 0 Å². The van der Waals surface area contributed by atoms with Gasteiger partial charge in [0, 0.05) is 0 Å². The molecule has 1 aliphatic heterocycles. The summed E-state index contributed by atoms with van der Waals surface area (Å²) in [5, 5.41) is 5.54. The molecule has 1 heterocycles. The number of hydrogen-bond acceptors (Lipinski definition) is 3. The zero-order valence-electron chi connectivity index (χ0n) is 9.53. The van der Waals surface area contributed by atoms with E-state index in [1.807, 2.05) is 6.26 Å². The summed E-state index contributed by atoms with van der Waals surface area (Å²) in [4.78, 5) is 23.8. The van der Waals surface area contributed by atoms with E-state index in [1.54, 1.807) is 36.0 Å². The maximum Gasteiger partial charge on any atom is 0.254 e. The van der Waals surface area contributed by atoms with E-state index in [4.69, 9.17) is 0 Å². The standard InChI is InChI=1S/C12H14N2O2S/c1-17-7-6-10-12(16)13-9-5-3-2-4-8(9)11(15)14-10/h2-5,10H,6-7H2,1H3,(H,13,16)(H,14,15)/t10-/m0/s1. The fraction of sp³-hybridized carbons (Fsp3) is 0.333. The minimum Gasteiger partial charge on any atom is -0.340 e. The first-order valence-electron chi connectivity index (χ1n) is 5.42. The highest BCUT2D eigenvalue weighted by atomic mass is 32.2. The van der Waals surface area contributed by atoms with Gasteiger partial charge in [0.1, 0.15) is 6.04 Å². The van der Waals surface area contributed by atoms with E-state index in [-0.39, 0.29) is 11.8 Å². The van der Waals surface area contributed by atoms with Gasteiger partial charge in [0.15, 0.2) is 0 Å². The Labute approximate surface area is 104 Å². The van der Waals surface area contributed by atoms with Gasteiger partial charge < -0.3 is 10.6 Å². The lowest BCUT2D eigenvalue weighted by molar-refractivity contribution is -0.117. The van der Waals surface area contributed by atoms with Crippen molar-refractivity contribution >= 4 is 29.3 Å². The van der Waals surface area contributed by atoms with Crippen LogP contribution in [0, 0.1) is 0 Å². The average Bonchev–Trinajstić information content (AvgIpc) is 2.45. The van der Waals surface area contributed by atoms with Crippen molar-refractivity contribution in [2.45, 2.75) is 12.5 Å². The summed E-state index contributed by atoms with van der Waals surface area (Å²) >= 11 is 1.66. The Bertz CT molecular complexity index is 448. The van der Waals surface area contributed by atoms with Gasteiger partial charge in [-0.1, -0.05) is 12.1 Å². The van der Waals surface area contributed by atoms with Crippen LogP contribution in [0.4, 0.5) is 5.69 Å². The number of thioether (sulfide) groups is 1. The second-order valence-electron chi connectivity index (χ2n) is 3.84. The van der Waals surface area contributed by atoms with E-state index >= 15 is 0 Å². The lowest BCUT2D eigenvalue weighted by Crippen LogP contribution is -2.41. The van der Waals surface area contributed by atoms with Crippen molar-refractivity contribution < 1.29 is 9.59 Å². The largest absolute Gasteiger partial charge is 0.340 e. The Hall–Kier alpha value is -1.49. The Morgan fingerprint density at radius 2 is 2.06 bits per heavy atom. The highest BCUT2D eigenvalue weighted by Crippen LogP contribution is 2.19. The summed E-state index contributed by atoms with van der Waals surface area (Å²) in [7, 11) is 0. The van der Waals surface area contributed by atoms with Crippen molar-refractivity contribution in [2.75, 3.05) is 17.3 Å². The monoisotopic (exact) mass is 250 g/mol. The van der Waals surface area contributed by atoms with Gasteiger partial charge in [-0.2, -0.15) is 11.8 Å². The van der Waals surface area contributed by atoms with E-state index < -0.39 is 6.04 Å². The summed E-state index contributed by atoms with van der Waals surface area (Å²) < 4.78 is 0. The third-order valence-corrected chi connectivity index (χ3v) is 3.31. The number of nitrogens with one attached hydrogen (secondary N) is 2. The number of carbonyl (C=O) groups excluding carboxylic acids is 2. The molecule has 17 heavy (non-hydrogen) atoms. The first-order chi connectivity index (χ1) is 8.22. The van der Waals surface area contributed by atoms with Crippen molar-refractivity contribution in [1.29, 1.82) is 0 Å². The van der Waals surface area contributed by atoms with E-state index in [0.29, 0.717) is 17.7 Å². The van der Waals surface area contributed by atoms with Crippen LogP contribution in [-0.4, -0.2) is 29.9 Å². The molecule has 0 radical (unpaired) electrons. The molecule has 0 aromatic heterocycles. The quantitative estimate of drug-likeness (QED) is 0.854. The molecule has 2 N–H and O–H groups in total. The molecule has 90 valence electrons. The molecule has 1 atom stereocenters. The summed E-state index contributed by atoms with van der Waals surface area (Å²) in [5.74, 6) is 0.511. The van der Waals surface area contributed by atoms with E-state index in [9.17, 15) is 9.59 Å². The number of carbonyl (C=O) groups is 2. The molecule has 0 aliphatic carbocycles. The fourth-order valence-corrected chi connectivity index (χ4v) is 2.22. The zero-order chi connectivity index (χ0) is 12.3. The highest BCUT2D eigenvalue weighted by molar-refractivity contribution is 7.98. The summed E-state index contributed by atoms with van der Waals surface area (Å²) in [6.07, 6.45) is 2.62. The predicted octanol–water partition coefficient (Wildman–Crippen LogP) is 1.49. The van der Waals surface area contributed by atoms with Gasteiger partial charge in [0.05, 0.1) is 11.3 Å². The molecule has 0 unspecified atom stereocenters. The number of rotatable bonds is 3. The lowest BCUT2D eigenvalue weighted by Gasteiger charge is -2.13. The Kier molecular flexibility index (Phi) is 3.68. The summed E-state index contributed by atoms with van der Waals surface area (Å²) in [6, 6.07) is 6.59. The maximum absolute atomic E-state index is 11.9. The van der Waals surface area contributed by atoms with Gasteiger partial charge in [-0.3, -0.25) is 9.59 Å². The first kappa shape index (κ1) is 12.0. The molecule has 0 bridgehead atoms. The molecular weight excluding hydrogens is 236 g/mol. The van der Waals surface area contributed by atoms with Crippen molar-refractivity contribution in [3.05, 3.63) is 29.8 Å². The molecule has 0 saturated carbocycles. The normalized spacial score (nSPS) is 19.0. The van der Waals surface area contributed by atoms with E-state index in [2.05, 4.69) is 10.6 Å². The van der Waals surface area contributed by atoms with E-state index in [0.717, 1.165) is 5.75 Å². The summed E-state index contributed by atoms with van der Waals surface area (Å²) in [5.41, 5.74) is 1.11. The molecule has 5 heteroatoms. The predicted molar refractivity (Wildman–Crippen MR) is 69.3 cm³/mol. The third-order valence-electron chi connectivity index (χ3n) is 2.66. The second kappa shape index (κ2) is 5.23. The van der Waals surface area contributed by atoms with Crippen molar-refractivity contribution in [1.82, 2.24) is 5.32 Å². The van der Waals surface area contributed by atoms with Gasteiger partial charge in [-0.15, -0.1) is 0 Å². The molecule has 1 aromatic carbocycles. The van der Waals surface area contributed by atoms with Crippen LogP contribution in [0.3, 0.4) is 0 Å². The molecule has 0 spiro atoms. The van der Waals surface area contributed by atoms with Gasteiger partial charge >= 0.3 is 0 Å². The van der Waals surface area contributed by atoms with E-state index in [1.165, 1.54) is 0 Å². The third kappa shape index (κ3) is 2.61. The highest BCUT2D eigenvalue weighted by Gasteiger charge is 2.26. The molecule has 0 fully saturated rings. The number of fused-ring (bicyclic) bond motifs is 1. The van der Waals surface area contributed by atoms with Gasteiger partial charge in [0.25, 0.3) is 5.91 Å². The van der Waals surface area contributed by atoms with Crippen LogP contribution in [0.2, 0.25) is 0 Å². The fourth-order valence-electron chi connectivity index (χ4n) is 1.75. The smallest absolute Gasteiger partial charge is 0.254 e. The number of benzene rings is 1. The van der Waals surface area contributed by atoms with Crippen LogP contribution in [-0.2, 0) is 4.79 Å². The number of amides is 2. The molecule has 1 aliphatic rings. The van der Waals surface area contributed by atoms with Crippen LogP contribution in [0.15, 0.2) is 24.3 Å². The molecule has 0 saturated heterocycles. The van der Waals surface area contributed by atoms with Crippen LogP contribution in [0.1, 0.15) is 16.8 Å². The maximum atomic E-state index is 11.9. The zero-order valence-corrected chi connectivity index (χ0v) is 10.3. The lowest BCUT2D eigenvalue weighted by atomic mass is 10.1. The first-order valence-corrected chi connectivity index (χ1v) is 6.81. The Morgan fingerprint density at radius 3 is 2.82 bits per heavy atom.